The molecule has 452 valence electrons. The van der Waals surface area contributed by atoms with Crippen molar-refractivity contribution in [2.75, 3.05) is 48.4 Å². The standard InChI is InChI=1S/C34H65NO2.C34H65NO.CH3F.CH4/c1-4-5-6-7-8-9-10-11-12-13-14-15-16-17-18-21-24-28-33(30-27-32-35(2)3)29-25-22-19-20-23-26-31-34(36)37;1-4-5-6-7-8-9-10-11-12-13-14-15-16-17-19-22-25-29-34(31-28-32-35(2)3)30-26-23-20-18-21-24-27-33-36;1-2;/h8-9,11-12,33H,4-7,10,13-32H2,1-3H3,(H,36,37);8-9,11-12,33-34H,4-7,10,13-32H2,1-3H3;1H3;1H4/b2*9-8-,12-11-;;/i;;1D;. The molecule has 0 rings (SSSR count). The van der Waals surface area contributed by atoms with Crippen LogP contribution in [0.25, 0.3) is 0 Å². The number of alkyl halides is 1. The van der Waals surface area contributed by atoms with Gasteiger partial charge in [0.05, 0.1) is 8.52 Å². The summed E-state index contributed by atoms with van der Waals surface area (Å²) in [5.74, 6) is 1.20. The Morgan fingerprint density at radius 3 is 0.934 bits per heavy atom. The Bertz CT molecular complexity index is 1220. The highest BCUT2D eigenvalue weighted by molar-refractivity contribution is 5.66. The summed E-state index contributed by atoms with van der Waals surface area (Å²) < 4.78 is 15.5. The van der Waals surface area contributed by atoms with Crippen LogP contribution in [-0.4, -0.2) is 75.6 Å². The highest BCUT2D eigenvalue weighted by Gasteiger charge is 2.11. The van der Waals surface area contributed by atoms with Gasteiger partial charge < -0.3 is 19.7 Å². The lowest BCUT2D eigenvalue weighted by atomic mass is 9.90. The molecule has 5 nitrogen and oxygen atoms in total. The maximum Gasteiger partial charge on any atom is 0.303 e. The Morgan fingerprint density at radius 2 is 0.658 bits per heavy atom. The average Bonchev–Trinajstić information content (AvgIpc) is 3.39. The molecule has 0 aromatic carbocycles. The first-order valence-electron chi connectivity index (χ1n) is 33.3. The molecule has 76 heavy (non-hydrogen) atoms. The van der Waals surface area contributed by atoms with Gasteiger partial charge >= 0.3 is 5.97 Å². The second-order valence-corrected chi connectivity index (χ2v) is 23.0. The number of carbonyl (C=O) groups excluding carboxylic acids is 1. The van der Waals surface area contributed by atoms with Crippen LogP contribution in [0.1, 0.15) is 331 Å². The van der Waals surface area contributed by atoms with Gasteiger partial charge in [0.15, 0.2) is 0 Å². The van der Waals surface area contributed by atoms with Gasteiger partial charge in [-0.1, -0.05) is 263 Å². The summed E-state index contributed by atoms with van der Waals surface area (Å²) in [4.78, 5) is 25.6. The van der Waals surface area contributed by atoms with Gasteiger partial charge in [-0.3, -0.25) is 9.18 Å². The van der Waals surface area contributed by atoms with E-state index in [1.807, 2.05) is 0 Å². The van der Waals surface area contributed by atoms with Gasteiger partial charge in [0.2, 0.25) is 0 Å². The second-order valence-electron chi connectivity index (χ2n) is 23.0. The van der Waals surface area contributed by atoms with Crippen molar-refractivity contribution in [1.82, 2.24) is 9.80 Å². The third-order valence-corrected chi connectivity index (χ3v) is 15.0. The fourth-order valence-corrected chi connectivity index (χ4v) is 10.2. The largest absolute Gasteiger partial charge is 0.481 e. The van der Waals surface area contributed by atoms with Crippen LogP contribution in [-0.2, 0) is 9.59 Å². The van der Waals surface area contributed by atoms with Crippen LogP contribution in [0.5, 0.6) is 0 Å². The molecule has 0 fully saturated rings. The Balaban J connectivity index is -0.000000650. The van der Waals surface area contributed by atoms with E-state index < -0.39 is 13.1 Å². The number of carboxylic acid groups (broad SMARTS) is 1. The van der Waals surface area contributed by atoms with E-state index in [0.717, 1.165) is 56.6 Å². The fourth-order valence-electron chi connectivity index (χ4n) is 10.2. The summed E-state index contributed by atoms with van der Waals surface area (Å²) in [5.41, 5.74) is 0. The predicted octanol–water partition coefficient (Wildman–Crippen LogP) is 22.8. The van der Waals surface area contributed by atoms with E-state index in [9.17, 15) is 14.0 Å². The molecular weight excluding hydrogens is 936 g/mol. The minimum atomic E-state index is -1.00. The molecule has 0 aliphatic heterocycles. The normalized spacial score (nSPS) is 12.6. The summed E-state index contributed by atoms with van der Waals surface area (Å²) in [6.07, 6.45) is 82.0. The molecule has 0 bridgehead atoms. The number of hydrogen-bond acceptors (Lipinski definition) is 4. The quantitative estimate of drug-likeness (QED) is 0.0374. The number of rotatable bonds is 58. The lowest BCUT2D eigenvalue weighted by Gasteiger charge is -2.18. The van der Waals surface area contributed by atoms with Gasteiger partial charge in [-0.05, 0) is 156 Å². The first-order chi connectivity index (χ1) is 37.2. The van der Waals surface area contributed by atoms with Crippen molar-refractivity contribution >= 4 is 12.3 Å². The van der Waals surface area contributed by atoms with Crippen LogP contribution in [0.4, 0.5) is 4.39 Å². The Morgan fingerprint density at radius 1 is 0.408 bits per heavy atom. The highest BCUT2D eigenvalue weighted by atomic mass is 19.1. The molecule has 0 aromatic heterocycles. The smallest absolute Gasteiger partial charge is 0.303 e. The molecule has 0 aromatic rings. The number of hydrogen-bond donors (Lipinski definition) is 1. The van der Waals surface area contributed by atoms with Crippen LogP contribution < -0.4 is 0 Å². The van der Waals surface area contributed by atoms with Crippen LogP contribution in [0.2, 0.25) is 0 Å². The molecule has 6 heteroatoms. The fraction of sp³-hybridized carbons (Fsp3) is 0.857. The molecule has 1 N–H and O–H groups in total. The number of carboxylic acids is 1. The first kappa shape index (κ1) is 78.2. The molecule has 0 heterocycles. The van der Waals surface area contributed by atoms with Crippen molar-refractivity contribution in [2.45, 2.75) is 329 Å². The summed E-state index contributed by atoms with van der Waals surface area (Å²) in [7, 11) is 7.76. The number of allylic oxidation sites excluding steroid dienone is 8. The minimum absolute atomic E-state index is 0. The minimum Gasteiger partial charge on any atom is -0.481 e. The SMILES string of the molecule is C.CCCCC/C=C\C/C=C\CCCCCCCCCC(CCCCCCCCC(=O)O)CCCN(C)C.CCCCC/C=C\C/C=C\CCCCCCCCCC(CCCCCCCCC=O)CCCN(C)C.[2H]CF. The van der Waals surface area contributed by atoms with E-state index in [1.54, 1.807) is 0 Å². The van der Waals surface area contributed by atoms with Crippen molar-refractivity contribution in [3.8, 4) is 0 Å². The third-order valence-electron chi connectivity index (χ3n) is 15.0. The van der Waals surface area contributed by atoms with Crippen LogP contribution in [0.15, 0.2) is 48.6 Å². The molecule has 0 saturated carbocycles. The topological polar surface area (TPSA) is 60.9 Å². The Hall–Kier alpha value is -2.05. The summed E-state index contributed by atoms with van der Waals surface area (Å²) in [6.45, 7) is 6.98. The zero-order valence-corrected chi connectivity index (χ0v) is 51.4. The number of halogens is 1. The van der Waals surface area contributed by atoms with Crippen molar-refractivity contribution in [3.05, 3.63) is 48.6 Å². The number of aldehydes is 1. The molecule has 2 unspecified atom stereocenters. The van der Waals surface area contributed by atoms with E-state index in [1.165, 1.54) is 276 Å². The first-order valence-corrected chi connectivity index (χ1v) is 32.6. The molecular formula is C70H137FN2O3. The summed E-state index contributed by atoms with van der Waals surface area (Å²) in [5, 5.41) is 8.73. The number of carbonyl (C=O) groups is 2. The van der Waals surface area contributed by atoms with Crippen molar-refractivity contribution < 1.29 is 20.5 Å². The van der Waals surface area contributed by atoms with E-state index >= 15 is 0 Å². The molecule has 0 amide bonds. The van der Waals surface area contributed by atoms with Gasteiger partial charge in [0.1, 0.15) is 6.29 Å². The molecule has 0 saturated heterocycles. The maximum absolute atomic E-state index is 10.6. The Labute approximate surface area is 478 Å². The average molecular weight is 1070 g/mol. The number of unbranched alkanes of at least 4 members (excludes halogenated alkanes) is 31. The molecule has 0 spiro atoms. The van der Waals surface area contributed by atoms with Gasteiger partial charge in [0.25, 0.3) is 0 Å². The van der Waals surface area contributed by atoms with Crippen molar-refractivity contribution in [3.63, 3.8) is 0 Å². The highest BCUT2D eigenvalue weighted by Crippen LogP contribution is 2.25. The van der Waals surface area contributed by atoms with Crippen LogP contribution in [0.3, 0.4) is 0 Å². The third kappa shape index (κ3) is 76.2. The van der Waals surface area contributed by atoms with E-state index in [4.69, 9.17) is 6.48 Å². The molecule has 2 atom stereocenters. The molecule has 0 aliphatic rings. The van der Waals surface area contributed by atoms with Gasteiger partial charge in [-0.15, -0.1) is 0 Å². The summed E-state index contributed by atoms with van der Waals surface area (Å²) in [6, 6.07) is 0. The zero-order valence-electron chi connectivity index (χ0n) is 52.4. The van der Waals surface area contributed by atoms with Crippen molar-refractivity contribution in [2.24, 2.45) is 11.8 Å². The lowest BCUT2D eigenvalue weighted by Crippen LogP contribution is -2.14. The number of aliphatic carboxylic acids is 1. The monoisotopic (exact) mass is 1070 g/mol. The van der Waals surface area contributed by atoms with E-state index in [0.29, 0.717) is 6.42 Å². The van der Waals surface area contributed by atoms with Gasteiger partial charge in [-0.25, -0.2) is 0 Å². The Kier molecular flexibility index (Phi) is 75.0. The summed E-state index contributed by atoms with van der Waals surface area (Å²) >= 11 is 0. The van der Waals surface area contributed by atoms with Gasteiger partial charge in [0, 0.05) is 12.8 Å². The zero-order chi connectivity index (χ0) is 56.3. The second kappa shape index (κ2) is 73.0. The van der Waals surface area contributed by atoms with Crippen LogP contribution >= 0.6 is 0 Å². The van der Waals surface area contributed by atoms with E-state index in [-0.39, 0.29) is 7.43 Å². The maximum atomic E-state index is 10.6. The van der Waals surface area contributed by atoms with Crippen molar-refractivity contribution in [1.29, 1.82) is 0 Å². The molecule has 0 aliphatic carbocycles. The lowest BCUT2D eigenvalue weighted by molar-refractivity contribution is -0.137. The molecule has 0 radical (unpaired) electrons. The number of nitrogens with zero attached hydrogens (tertiary/aromatic N) is 2. The van der Waals surface area contributed by atoms with Gasteiger partial charge in [-0.2, -0.15) is 0 Å². The van der Waals surface area contributed by atoms with E-state index in [2.05, 4.69) is 100 Å². The predicted molar refractivity (Wildman–Crippen MR) is 341 cm³/mol. The van der Waals surface area contributed by atoms with Crippen LogP contribution in [0, 0.1) is 11.8 Å².